The number of carbonyl (C=O) groups is 2. The van der Waals surface area contributed by atoms with Crippen molar-refractivity contribution in [2.24, 2.45) is 5.92 Å². The van der Waals surface area contributed by atoms with E-state index in [2.05, 4.69) is 10.3 Å². The minimum absolute atomic E-state index is 0.0266. The van der Waals surface area contributed by atoms with E-state index in [-0.39, 0.29) is 23.8 Å². The molecule has 2 aliphatic heterocycles. The topological polar surface area (TPSA) is 71.5 Å². The highest BCUT2D eigenvalue weighted by atomic mass is 32.1. The number of nitrogens with zero attached hydrogens (tertiary/aromatic N) is 2. The van der Waals surface area contributed by atoms with E-state index < -0.39 is 0 Å². The van der Waals surface area contributed by atoms with Crippen molar-refractivity contribution in [2.45, 2.75) is 51.6 Å². The fourth-order valence-electron chi connectivity index (χ4n) is 3.51. The highest BCUT2D eigenvalue weighted by Gasteiger charge is 2.32. The van der Waals surface area contributed by atoms with Gasteiger partial charge in [-0.2, -0.15) is 0 Å². The molecule has 2 fully saturated rings. The minimum Gasteiger partial charge on any atom is -0.368 e. The van der Waals surface area contributed by atoms with Gasteiger partial charge in [-0.3, -0.25) is 9.59 Å². The molecule has 2 saturated heterocycles. The van der Waals surface area contributed by atoms with Crippen molar-refractivity contribution in [1.29, 1.82) is 0 Å². The molecule has 25 heavy (non-hydrogen) atoms. The Labute approximate surface area is 153 Å². The van der Waals surface area contributed by atoms with Gasteiger partial charge in [0.05, 0.1) is 11.2 Å². The fraction of sp³-hybridized carbons (Fsp3) is 0.722. The molecular weight excluding hydrogens is 338 g/mol. The molecular formula is C18H27N3O3S. The van der Waals surface area contributed by atoms with Gasteiger partial charge in [-0.05, 0) is 45.4 Å². The van der Waals surface area contributed by atoms with Crippen LogP contribution in [0.5, 0.6) is 0 Å². The Morgan fingerprint density at radius 3 is 2.80 bits per heavy atom. The van der Waals surface area contributed by atoms with E-state index in [0.29, 0.717) is 26.2 Å². The lowest BCUT2D eigenvalue weighted by atomic mass is 9.95. The number of amides is 2. The summed E-state index contributed by atoms with van der Waals surface area (Å²) >= 11 is 1.68. The van der Waals surface area contributed by atoms with Crippen molar-refractivity contribution < 1.29 is 14.3 Å². The van der Waals surface area contributed by atoms with E-state index in [0.717, 1.165) is 44.2 Å². The van der Waals surface area contributed by atoms with Crippen LogP contribution in [0.4, 0.5) is 0 Å². The number of nitrogens with one attached hydrogen (secondary N) is 1. The van der Waals surface area contributed by atoms with Crippen molar-refractivity contribution in [2.75, 3.05) is 26.2 Å². The third-order valence-electron chi connectivity index (χ3n) is 5.11. The number of ether oxygens (including phenoxy) is 1. The number of hydrogen-bond donors (Lipinski definition) is 1. The first kappa shape index (κ1) is 18.3. The van der Waals surface area contributed by atoms with Gasteiger partial charge in [-0.25, -0.2) is 4.98 Å². The predicted molar refractivity (Wildman–Crippen MR) is 96.5 cm³/mol. The Kier molecular flexibility index (Phi) is 6.42. The lowest BCUT2D eigenvalue weighted by Gasteiger charge is -2.32. The quantitative estimate of drug-likeness (QED) is 0.782. The van der Waals surface area contributed by atoms with Crippen LogP contribution in [0.15, 0.2) is 5.51 Å². The number of carbonyl (C=O) groups excluding carboxylic acids is 2. The SMILES string of the molecule is Cc1ncsc1CCCNC(=O)C1CCN(C(=O)[C@H]2CCCO2)CC1. The average molecular weight is 365 g/mol. The largest absolute Gasteiger partial charge is 0.368 e. The second-order valence-electron chi connectivity index (χ2n) is 6.86. The first-order chi connectivity index (χ1) is 12.1. The molecule has 1 N–H and O–H groups in total. The minimum atomic E-state index is -0.249. The summed E-state index contributed by atoms with van der Waals surface area (Å²) in [5.41, 5.74) is 2.97. The lowest BCUT2D eigenvalue weighted by Crippen LogP contribution is -2.46. The Bertz CT molecular complexity index is 590. The summed E-state index contributed by atoms with van der Waals surface area (Å²) in [6.07, 6.45) is 4.95. The molecule has 0 aliphatic carbocycles. The molecule has 2 aliphatic rings. The van der Waals surface area contributed by atoms with Gasteiger partial charge in [-0.15, -0.1) is 11.3 Å². The van der Waals surface area contributed by atoms with E-state index in [1.807, 2.05) is 17.3 Å². The number of aryl methyl sites for hydroxylation is 2. The van der Waals surface area contributed by atoms with E-state index in [1.165, 1.54) is 4.88 Å². The number of hydrogen-bond acceptors (Lipinski definition) is 5. The van der Waals surface area contributed by atoms with Crippen LogP contribution in [0.25, 0.3) is 0 Å². The van der Waals surface area contributed by atoms with E-state index >= 15 is 0 Å². The highest BCUT2D eigenvalue weighted by Crippen LogP contribution is 2.21. The normalized spacial score (nSPS) is 21.5. The van der Waals surface area contributed by atoms with Gasteiger partial charge in [-0.1, -0.05) is 0 Å². The van der Waals surface area contributed by atoms with E-state index in [1.54, 1.807) is 11.3 Å². The van der Waals surface area contributed by atoms with Crippen molar-refractivity contribution in [3.05, 3.63) is 16.1 Å². The molecule has 1 atom stereocenters. The van der Waals surface area contributed by atoms with Crippen molar-refractivity contribution in [3.8, 4) is 0 Å². The van der Waals surface area contributed by atoms with E-state index in [4.69, 9.17) is 4.74 Å². The molecule has 7 heteroatoms. The van der Waals surface area contributed by atoms with Gasteiger partial charge in [0, 0.05) is 37.0 Å². The molecule has 0 radical (unpaired) electrons. The Hall–Kier alpha value is -1.47. The zero-order valence-corrected chi connectivity index (χ0v) is 15.6. The maximum atomic E-state index is 12.3. The van der Waals surface area contributed by atoms with Crippen molar-refractivity contribution >= 4 is 23.2 Å². The van der Waals surface area contributed by atoms with Gasteiger partial charge in [0.2, 0.25) is 5.91 Å². The number of piperidine rings is 1. The molecule has 0 saturated carbocycles. The van der Waals surface area contributed by atoms with Crippen LogP contribution in [0, 0.1) is 12.8 Å². The molecule has 3 rings (SSSR count). The second-order valence-corrected chi connectivity index (χ2v) is 7.80. The van der Waals surface area contributed by atoms with Gasteiger partial charge in [0.1, 0.15) is 6.10 Å². The maximum Gasteiger partial charge on any atom is 0.251 e. The summed E-state index contributed by atoms with van der Waals surface area (Å²) in [6, 6.07) is 0. The van der Waals surface area contributed by atoms with Crippen LogP contribution >= 0.6 is 11.3 Å². The van der Waals surface area contributed by atoms with Gasteiger partial charge >= 0.3 is 0 Å². The number of aromatic nitrogens is 1. The van der Waals surface area contributed by atoms with Crippen LogP contribution in [-0.4, -0.2) is 54.0 Å². The Morgan fingerprint density at radius 2 is 2.16 bits per heavy atom. The van der Waals surface area contributed by atoms with Gasteiger partial charge in [0.25, 0.3) is 5.91 Å². The monoisotopic (exact) mass is 365 g/mol. The lowest BCUT2D eigenvalue weighted by molar-refractivity contribution is -0.143. The van der Waals surface area contributed by atoms with Crippen molar-refractivity contribution in [1.82, 2.24) is 15.2 Å². The summed E-state index contributed by atoms with van der Waals surface area (Å²) < 4.78 is 5.47. The van der Waals surface area contributed by atoms with Crippen LogP contribution in [0.1, 0.15) is 42.7 Å². The molecule has 3 heterocycles. The Morgan fingerprint density at radius 1 is 1.36 bits per heavy atom. The zero-order valence-electron chi connectivity index (χ0n) is 14.8. The summed E-state index contributed by atoms with van der Waals surface area (Å²) in [7, 11) is 0. The zero-order chi connectivity index (χ0) is 17.6. The number of rotatable bonds is 6. The average Bonchev–Trinajstić information content (AvgIpc) is 3.30. The molecule has 6 nitrogen and oxygen atoms in total. The maximum absolute atomic E-state index is 12.3. The van der Waals surface area contributed by atoms with E-state index in [9.17, 15) is 9.59 Å². The summed E-state index contributed by atoms with van der Waals surface area (Å²) in [5.74, 6) is 0.264. The molecule has 0 unspecified atom stereocenters. The molecule has 2 amide bonds. The molecule has 138 valence electrons. The fourth-order valence-corrected chi connectivity index (χ4v) is 4.33. The van der Waals surface area contributed by atoms with Gasteiger partial charge < -0.3 is 15.0 Å². The first-order valence-corrected chi connectivity index (χ1v) is 10.1. The standard InChI is InChI=1S/C18H27N3O3S/c1-13-16(25-12-20-13)5-2-8-19-17(22)14-6-9-21(10-7-14)18(23)15-4-3-11-24-15/h12,14-15H,2-11H2,1H3,(H,19,22)/t15-/m1/s1. The Balaban J connectivity index is 1.34. The second kappa shape index (κ2) is 8.76. The van der Waals surface area contributed by atoms with Gasteiger partial charge in [0.15, 0.2) is 0 Å². The van der Waals surface area contributed by atoms with Crippen LogP contribution in [0.3, 0.4) is 0 Å². The highest BCUT2D eigenvalue weighted by molar-refractivity contribution is 7.09. The molecule has 0 bridgehead atoms. The summed E-state index contributed by atoms with van der Waals surface area (Å²) in [4.78, 5) is 32.0. The molecule has 1 aromatic rings. The molecule has 1 aromatic heterocycles. The third-order valence-corrected chi connectivity index (χ3v) is 6.10. The van der Waals surface area contributed by atoms with Crippen LogP contribution in [0.2, 0.25) is 0 Å². The summed E-state index contributed by atoms with van der Waals surface area (Å²) in [6.45, 7) is 4.74. The summed E-state index contributed by atoms with van der Waals surface area (Å²) in [5, 5.41) is 3.05. The smallest absolute Gasteiger partial charge is 0.251 e. The number of thiazole rings is 1. The van der Waals surface area contributed by atoms with Crippen LogP contribution in [-0.2, 0) is 20.7 Å². The first-order valence-electron chi connectivity index (χ1n) is 9.22. The number of likely N-dealkylation sites (tertiary alicyclic amines) is 1. The predicted octanol–water partition coefficient (Wildman–Crippen LogP) is 1.92. The van der Waals surface area contributed by atoms with Crippen molar-refractivity contribution in [3.63, 3.8) is 0 Å². The molecule has 0 aromatic carbocycles. The molecule has 0 spiro atoms. The third kappa shape index (κ3) is 4.79. The van der Waals surface area contributed by atoms with Crippen LogP contribution < -0.4 is 5.32 Å².